The molecule has 19 heavy (non-hydrogen) atoms. The fraction of sp³-hybridized carbons (Fsp3) is 0.133. The molecule has 0 saturated heterocycles. The third kappa shape index (κ3) is 3.04. The molecule has 0 unspecified atom stereocenters. The van der Waals surface area contributed by atoms with Crippen molar-refractivity contribution in [2.75, 3.05) is 18.2 Å². The lowest BCUT2D eigenvalue weighted by Gasteiger charge is -2.09. The van der Waals surface area contributed by atoms with Crippen molar-refractivity contribution in [2.24, 2.45) is 0 Å². The van der Waals surface area contributed by atoms with Gasteiger partial charge >= 0.3 is 0 Å². The molecular weight excluding hydrogens is 240 g/mol. The third-order valence-corrected chi connectivity index (χ3v) is 2.85. The van der Waals surface area contributed by atoms with Crippen molar-refractivity contribution >= 4 is 17.3 Å². The first-order chi connectivity index (χ1) is 9.10. The maximum Gasteiger partial charge on any atom is 0.256 e. The lowest BCUT2D eigenvalue weighted by molar-refractivity contribution is 0.102. The lowest BCUT2D eigenvalue weighted by atomic mass is 10.1. The van der Waals surface area contributed by atoms with E-state index in [9.17, 15) is 4.79 Å². The van der Waals surface area contributed by atoms with Gasteiger partial charge in [0.05, 0.1) is 7.11 Å². The first-order valence-corrected chi connectivity index (χ1v) is 5.91. The Balaban J connectivity index is 2.18. The van der Waals surface area contributed by atoms with Gasteiger partial charge in [-0.2, -0.15) is 0 Å². The van der Waals surface area contributed by atoms with Gasteiger partial charge in [-0.25, -0.2) is 0 Å². The van der Waals surface area contributed by atoms with Gasteiger partial charge in [0.2, 0.25) is 0 Å². The number of aryl methyl sites for hydroxylation is 1. The summed E-state index contributed by atoms with van der Waals surface area (Å²) in [5.74, 6) is 0.577. The number of methoxy groups -OCH3 is 1. The average Bonchev–Trinajstić information content (AvgIpc) is 2.42. The van der Waals surface area contributed by atoms with E-state index in [1.165, 1.54) is 0 Å². The number of carbonyl (C=O) groups is 1. The number of nitrogens with two attached hydrogens (primary N) is 1. The molecule has 0 aliphatic carbocycles. The van der Waals surface area contributed by atoms with E-state index in [0.29, 0.717) is 16.9 Å². The molecule has 0 fully saturated rings. The molecule has 2 aromatic carbocycles. The number of benzene rings is 2. The van der Waals surface area contributed by atoms with Gasteiger partial charge in [-0.05, 0) is 48.9 Å². The quantitative estimate of drug-likeness (QED) is 0.830. The second-order valence-corrected chi connectivity index (χ2v) is 4.26. The normalized spacial score (nSPS) is 10.0. The van der Waals surface area contributed by atoms with Gasteiger partial charge in [0.15, 0.2) is 0 Å². The summed E-state index contributed by atoms with van der Waals surface area (Å²) in [6.45, 7) is 1.88. The Bertz CT molecular complexity index is 592. The minimum atomic E-state index is -0.171. The monoisotopic (exact) mass is 256 g/mol. The minimum Gasteiger partial charge on any atom is -0.497 e. The molecule has 3 N–H and O–H groups in total. The second kappa shape index (κ2) is 5.44. The molecule has 0 aliphatic rings. The van der Waals surface area contributed by atoms with Crippen LogP contribution < -0.4 is 15.8 Å². The molecule has 1 amide bonds. The predicted molar refractivity (Wildman–Crippen MR) is 76.5 cm³/mol. The van der Waals surface area contributed by atoms with Crippen LogP contribution in [-0.4, -0.2) is 13.0 Å². The summed E-state index contributed by atoms with van der Waals surface area (Å²) in [5.41, 5.74) is 8.46. The molecule has 4 heteroatoms. The maximum absolute atomic E-state index is 12.1. The van der Waals surface area contributed by atoms with E-state index in [1.807, 2.05) is 13.0 Å². The molecule has 0 radical (unpaired) electrons. The number of anilines is 2. The van der Waals surface area contributed by atoms with Crippen molar-refractivity contribution in [3.05, 3.63) is 53.6 Å². The average molecular weight is 256 g/mol. The Morgan fingerprint density at radius 3 is 2.47 bits per heavy atom. The van der Waals surface area contributed by atoms with Gasteiger partial charge in [-0.1, -0.05) is 6.07 Å². The van der Waals surface area contributed by atoms with Crippen LogP contribution in [0.15, 0.2) is 42.5 Å². The van der Waals surface area contributed by atoms with E-state index in [0.717, 1.165) is 11.3 Å². The number of hydrogen-bond acceptors (Lipinski definition) is 3. The first-order valence-electron chi connectivity index (χ1n) is 5.91. The van der Waals surface area contributed by atoms with Crippen LogP contribution in [0.5, 0.6) is 5.75 Å². The van der Waals surface area contributed by atoms with Crippen LogP contribution in [0, 0.1) is 6.92 Å². The van der Waals surface area contributed by atoms with Gasteiger partial charge in [0, 0.05) is 16.9 Å². The number of nitrogen functional groups attached to an aromatic ring is 1. The van der Waals surface area contributed by atoms with Gasteiger partial charge in [0.1, 0.15) is 5.75 Å². The van der Waals surface area contributed by atoms with Crippen molar-refractivity contribution in [2.45, 2.75) is 6.92 Å². The van der Waals surface area contributed by atoms with Crippen LogP contribution in [0.3, 0.4) is 0 Å². The number of rotatable bonds is 3. The van der Waals surface area contributed by atoms with E-state index in [-0.39, 0.29) is 5.91 Å². The summed E-state index contributed by atoms with van der Waals surface area (Å²) in [5, 5.41) is 2.83. The highest BCUT2D eigenvalue weighted by atomic mass is 16.5. The van der Waals surface area contributed by atoms with Crippen LogP contribution in [0.2, 0.25) is 0 Å². The first kappa shape index (κ1) is 13.0. The van der Waals surface area contributed by atoms with Gasteiger partial charge in [0.25, 0.3) is 5.91 Å². The molecule has 2 rings (SSSR count). The molecular formula is C15H16N2O2. The topological polar surface area (TPSA) is 64.3 Å². The molecule has 0 aromatic heterocycles. The van der Waals surface area contributed by atoms with Crippen molar-refractivity contribution in [3.63, 3.8) is 0 Å². The maximum atomic E-state index is 12.1. The van der Waals surface area contributed by atoms with E-state index < -0.39 is 0 Å². The second-order valence-electron chi connectivity index (χ2n) is 4.26. The molecule has 0 spiro atoms. The van der Waals surface area contributed by atoms with Gasteiger partial charge < -0.3 is 15.8 Å². The van der Waals surface area contributed by atoms with Crippen LogP contribution in [0.1, 0.15) is 15.9 Å². The Morgan fingerprint density at radius 2 is 1.84 bits per heavy atom. The molecule has 0 atom stereocenters. The van der Waals surface area contributed by atoms with Crippen LogP contribution in [-0.2, 0) is 0 Å². The van der Waals surface area contributed by atoms with Gasteiger partial charge in [-0.3, -0.25) is 4.79 Å². The summed E-state index contributed by atoms with van der Waals surface area (Å²) in [6, 6.07) is 12.5. The number of amides is 1. The summed E-state index contributed by atoms with van der Waals surface area (Å²) >= 11 is 0. The van der Waals surface area contributed by atoms with Crippen molar-refractivity contribution in [1.29, 1.82) is 0 Å². The largest absolute Gasteiger partial charge is 0.497 e. The van der Waals surface area contributed by atoms with E-state index in [2.05, 4.69) is 5.32 Å². The van der Waals surface area contributed by atoms with E-state index in [1.54, 1.807) is 43.5 Å². The number of carbonyl (C=O) groups excluding carboxylic acids is 1. The fourth-order valence-corrected chi connectivity index (χ4v) is 1.76. The van der Waals surface area contributed by atoms with Crippen molar-refractivity contribution in [3.8, 4) is 5.75 Å². The number of ether oxygens (including phenoxy) is 1. The van der Waals surface area contributed by atoms with Crippen molar-refractivity contribution < 1.29 is 9.53 Å². The SMILES string of the molecule is COc1ccc(NC(=O)c2cc(N)ccc2C)cc1. The van der Waals surface area contributed by atoms with Crippen LogP contribution >= 0.6 is 0 Å². The van der Waals surface area contributed by atoms with Crippen LogP contribution in [0.25, 0.3) is 0 Å². The van der Waals surface area contributed by atoms with E-state index in [4.69, 9.17) is 10.5 Å². The zero-order chi connectivity index (χ0) is 13.8. The molecule has 0 heterocycles. The molecule has 2 aromatic rings. The zero-order valence-electron chi connectivity index (χ0n) is 10.9. The Kier molecular flexibility index (Phi) is 3.71. The smallest absolute Gasteiger partial charge is 0.256 e. The Hall–Kier alpha value is -2.49. The van der Waals surface area contributed by atoms with E-state index >= 15 is 0 Å². The molecule has 0 bridgehead atoms. The van der Waals surface area contributed by atoms with Crippen molar-refractivity contribution in [1.82, 2.24) is 0 Å². The third-order valence-electron chi connectivity index (χ3n) is 2.85. The minimum absolute atomic E-state index is 0.171. The highest BCUT2D eigenvalue weighted by Crippen LogP contribution is 2.18. The zero-order valence-corrected chi connectivity index (χ0v) is 10.9. The highest BCUT2D eigenvalue weighted by molar-refractivity contribution is 6.05. The summed E-state index contributed by atoms with van der Waals surface area (Å²) < 4.78 is 5.06. The molecule has 98 valence electrons. The predicted octanol–water partition coefficient (Wildman–Crippen LogP) is 2.84. The fourth-order valence-electron chi connectivity index (χ4n) is 1.76. The standard InChI is InChI=1S/C15H16N2O2/c1-10-3-4-11(16)9-14(10)15(18)17-12-5-7-13(19-2)8-6-12/h3-9H,16H2,1-2H3,(H,17,18). The Morgan fingerprint density at radius 1 is 1.16 bits per heavy atom. The summed E-state index contributed by atoms with van der Waals surface area (Å²) in [6.07, 6.45) is 0. The molecule has 4 nitrogen and oxygen atoms in total. The lowest BCUT2D eigenvalue weighted by Crippen LogP contribution is -2.13. The summed E-state index contributed by atoms with van der Waals surface area (Å²) in [7, 11) is 1.60. The number of hydrogen-bond donors (Lipinski definition) is 2. The molecule has 0 aliphatic heterocycles. The number of nitrogens with one attached hydrogen (secondary N) is 1. The Labute approximate surface area is 112 Å². The van der Waals surface area contributed by atoms with Crippen LogP contribution in [0.4, 0.5) is 11.4 Å². The van der Waals surface area contributed by atoms with Gasteiger partial charge in [-0.15, -0.1) is 0 Å². The highest BCUT2D eigenvalue weighted by Gasteiger charge is 2.09. The molecule has 0 saturated carbocycles. The summed E-state index contributed by atoms with van der Waals surface area (Å²) in [4.78, 5) is 12.1.